The van der Waals surface area contributed by atoms with Crippen LogP contribution in [-0.4, -0.2) is 5.16 Å². The zero-order valence-corrected chi connectivity index (χ0v) is 8.20. The van der Waals surface area contributed by atoms with E-state index in [1.54, 1.807) is 5.16 Å². The average Bonchev–Trinajstić information content (AvgIpc) is 1.27. The standard InChI is InChI=1S/CHNS.4CH3.Rh/c2-1-3;;;;;/h2H;4*1H3;. The van der Waals surface area contributed by atoms with Crippen molar-refractivity contribution in [3.8, 4) is 0 Å². The van der Waals surface area contributed by atoms with E-state index in [1.807, 2.05) is 0 Å². The van der Waals surface area contributed by atoms with E-state index in [9.17, 15) is 0 Å². The van der Waals surface area contributed by atoms with Gasteiger partial charge in [0.05, 0.1) is 5.16 Å². The van der Waals surface area contributed by atoms with Crippen molar-refractivity contribution in [3.63, 3.8) is 0 Å². The molecular formula is C5H13NRhS. The summed E-state index contributed by atoms with van der Waals surface area (Å²) in [5.74, 6) is 0. The van der Waals surface area contributed by atoms with Crippen LogP contribution in [0.5, 0.6) is 0 Å². The molecule has 0 fully saturated rings. The van der Waals surface area contributed by atoms with Crippen molar-refractivity contribution >= 4 is 17.4 Å². The van der Waals surface area contributed by atoms with Crippen molar-refractivity contribution in [2.45, 2.75) is 22.1 Å². The average molecular weight is 222 g/mol. The topological polar surface area (TPSA) is 23.9 Å². The van der Waals surface area contributed by atoms with Crippen molar-refractivity contribution in [3.05, 3.63) is 0 Å². The van der Waals surface area contributed by atoms with E-state index in [0.717, 1.165) is 0 Å². The number of thiocarbonyl (C=S) groups is 1. The first-order valence-electron chi connectivity index (χ1n) is 1.79. The van der Waals surface area contributed by atoms with Crippen LogP contribution >= 0.6 is 12.2 Å². The van der Waals surface area contributed by atoms with Gasteiger partial charge in [-0.2, -0.15) is 0 Å². The Balaban J connectivity index is 0. The molecule has 0 unspecified atom stereocenters. The number of hydrogen-bond acceptors (Lipinski definition) is 2. The van der Waals surface area contributed by atoms with Gasteiger partial charge in [-0.3, -0.25) is 0 Å². The Bertz CT molecular complexity index is 72.9. The van der Waals surface area contributed by atoms with Crippen molar-refractivity contribution in [2.75, 3.05) is 0 Å². The van der Waals surface area contributed by atoms with Crippen LogP contribution in [0.15, 0.2) is 0 Å². The van der Waals surface area contributed by atoms with Gasteiger partial charge in [-0.25, -0.2) is 5.41 Å². The van der Waals surface area contributed by atoms with Gasteiger partial charge in [0.2, 0.25) is 0 Å². The number of hydrogen-bond donors (Lipinski definition) is 1. The van der Waals surface area contributed by atoms with Gasteiger partial charge in [0.15, 0.2) is 0 Å². The number of nitrogens with one attached hydrogen (secondary N) is 1. The first-order valence-corrected chi connectivity index (χ1v) is 8.75. The molecule has 0 saturated heterocycles. The molecule has 0 heterocycles. The third kappa shape index (κ3) is 1050. The summed E-state index contributed by atoms with van der Waals surface area (Å²) < 4.78 is 0. The summed E-state index contributed by atoms with van der Waals surface area (Å²) >= 11 is 3.03. The van der Waals surface area contributed by atoms with Crippen molar-refractivity contribution < 1.29 is 14.8 Å². The van der Waals surface area contributed by atoms with Crippen molar-refractivity contribution in [1.29, 1.82) is 5.41 Å². The van der Waals surface area contributed by atoms with Crippen LogP contribution in [0.25, 0.3) is 0 Å². The van der Waals surface area contributed by atoms with Crippen LogP contribution in [0.4, 0.5) is 0 Å². The van der Waals surface area contributed by atoms with Gasteiger partial charge in [0.1, 0.15) is 0 Å². The maximum absolute atomic E-state index is 5.77. The molecule has 0 spiro atoms. The van der Waals surface area contributed by atoms with Crippen molar-refractivity contribution in [2.24, 2.45) is 0 Å². The summed E-state index contributed by atoms with van der Waals surface area (Å²) in [4.78, 5) is 0. The molecule has 1 nitrogen and oxygen atoms in total. The summed E-state index contributed by atoms with van der Waals surface area (Å²) in [5, 5.41) is 7.36. The van der Waals surface area contributed by atoms with E-state index in [0.29, 0.717) is 0 Å². The molecule has 0 aliphatic rings. The molecule has 1 N–H and O–H groups in total. The predicted octanol–water partition coefficient (Wildman–Crippen LogP) is 3.00. The van der Waals surface area contributed by atoms with E-state index >= 15 is 0 Å². The molecule has 0 aromatic heterocycles. The first-order chi connectivity index (χ1) is 3.41. The van der Waals surface area contributed by atoms with Gasteiger partial charge in [0, 0.05) is 0 Å². The second-order valence-electron chi connectivity index (χ2n) is 2.10. The molecule has 0 aliphatic carbocycles. The Morgan fingerprint density at radius 1 is 1.25 bits per heavy atom. The Labute approximate surface area is 59.8 Å². The summed E-state index contributed by atoms with van der Waals surface area (Å²) in [6.45, 7) is 0. The van der Waals surface area contributed by atoms with Gasteiger partial charge in [-0.05, 0) is 12.2 Å². The van der Waals surface area contributed by atoms with Crippen LogP contribution in [0.2, 0.25) is 22.1 Å². The SMILES string of the molecule is N=C=S.[CH3][Rh]([CH3])([CH3])[CH3]. The van der Waals surface area contributed by atoms with Crippen molar-refractivity contribution in [1.82, 2.24) is 0 Å². The van der Waals surface area contributed by atoms with Crippen LogP contribution in [0.1, 0.15) is 0 Å². The zero-order chi connectivity index (χ0) is 7.21. The van der Waals surface area contributed by atoms with E-state index < -0.39 is 14.8 Å². The molecular weight excluding hydrogens is 209 g/mol. The third-order valence-electron chi connectivity index (χ3n) is 0. The van der Waals surface area contributed by atoms with Gasteiger partial charge in [-0.15, -0.1) is 0 Å². The third-order valence-corrected chi connectivity index (χ3v) is 0. The molecule has 0 aliphatic heterocycles. The van der Waals surface area contributed by atoms with Crippen LogP contribution < -0.4 is 0 Å². The number of isothiocyanates is 1. The molecule has 0 saturated carbocycles. The molecule has 53 valence electrons. The molecule has 0 bridgehead atoms. The van der Waals surface area contributed by atoms with E-state index in [1.165, 1.54) is 0 Å². The van der Waals surface area contributed by atoms with Crippen LogP contribution in [0.3, 0.4) is 0 Å². The molecule has 0 atom stereocenters. The Kier molecular flexibility index (Phi) is 7.82. The predicted molar refractivity (Wildman–Crippen MR) is 38.8 cm³/mol. The monoisotopic (exact) mass is 222 g/mol. The van der Waals surface area contributed by atoms with Crippen LogP contribution in [-0.2, 0) is 14.8 Å². The van der Waals surface area contributed by atoms with Gasteiger partial charge >= 0.3 is 36.8 Å². The minimum absolute atomic E-state index is 0.780. The summed E-state index contributed by atoms with van der Waals surface area (Å²) in [6.07, 6.45) is 0. The van der Waals surface area contributed by atoms with Gasteiger partial charge < -0.3 is 0 Å². The van der Waals surface area contributed by atoms with E-state index in [4.69, 9.17) is 5.41 Å². The molecule has 0 rings (SSSR count). The first kappa shape index (κ1) is 11.3. The van der Waals surface area contributed by atoms with Gasteiger partial charge in [0.25, 0.3) is 0 Å². The van der Waals surface area contributed by atoms with E-state index in [-0.39, 0.29) is 0 Å². The second kappa shape index (κ2) is 5.56. The van der Waals surface area contributed by atoms with Crippen LogP contribution in [0, 0.1) is 5.41 Å². The Hall–Kier alpha value is 0.423. The maximum atomic E-state index is 5.77. The Morgan fingerprint density at radius 3 is 1.25 bits per heavy atom. The normalized spacial score (nSPS) is 10.5. The fourth-order valence-corrected chi connectivity index (χ4v) is 0. The molecule has 0 aromatic rings. The number of rotatable bonds is 0. The summed E-state index contributed by atoms with van der Waals surface area (Å²) in [5.41, 5.74) is 9.39. The van der Waals surface area contributed by atoms with Gasteiger partial charge in [-0.1, -0.05) is 0 Å². The van der Waals surface area contributed by atoms with E-state index in [2.05, 4.69) is 34.3 Å². The zero-order valence-electron chi connectivity index (χ0n) is 5.74. The molecule has 8 heavy (non-hydrogen) atoms. The summed E-state index contributed by atoms with van der Waals surface area (Å²) in [7, 11) is 0. The summed E-state index contributed by atoms with van der Waals surface area (Å²) in [6, 6.07) is 0. The second-order valence-corrected chi connectivity index (χ2v) is 12.1. The molecule has 0 amide bonds. The quantitative estimate of drug-likeness (QED) is 0.380. The molecule has 0 radical (unpaired) electrons. The molecule has 3 heteroatoms. The molecule has 0 aromatic carbocycles. The minimum atomic E-state index is -0.780. The Morgan fingerprint density at radius 2 is 1.25 bits per heavy atom. The fourth-order valence-electron chi connectivity index (χ4n) is 0. The fraction of sp³-hybridized carbons (Fsp3) is 0.800.